The second-order valence-electron chi connectivity index (χ2n) is 4.77. The minimum atomic E-state index is -0.362. The molecule has 0 saturated carbocycles. The fraction of sp³-hybridized carbons (Fsp3) is 0.188. The molecule has 1 aliphatic heterocycles. The topological polar surface area (TPSA) is 38.3 Å². The van der Waals surface area contributed by atoms with Gasteiger partial charge in [0.25, 0.3) is 0 Å². The molecule has 1 aliphatic rings. The molecule has 1 saturated heterocycles. The van der Waals surface area contributed by atoms with Gasteiger partial charge in [0.05, 0.1) is 6.04 Å². The fourth-order valence-electron chi connectivity index (χ4n) is 2.36. The standard InChI is InChI=1S/C16H15NO2/c1-11-7-9-13(10-8-11)15-14(17-16(18)19-15)12-5-3-2-4-6-12/h2-10,14-15H,1H3,(H,17,18)/t14-,15-/m0/s1. The van der Waals surface area contributed by atoms with E-state index in [9.17, 15) is 4.79 Å². The molecule has 1 heterocycles. The van der Waals surface area contributed by atoms with Crippen LogP contribution in [0.3, 0.4) is 0 Å². The molecule has 0 aliphatic carbocycles. The van der Waals surface area contributed by atoms with Gasteiger partial charge in [0.1, 0.15) is 0 Å². The molecule has 1 amide bonds. The first-order valence-electron chi connectivity index (χ1n) is 6.33. The van der Waals surface area contributed by atoms with Gasteiger partial charge in [-0.15, -0.1) is 0 Å². The number of alkyl carbamates (subject to hydrolysis) is 1. The molecule has 3 rings (SSSR count). The van der Waals surface area contributed by atoms with Crippen molar-refractivity contribution in [2.75, 3.05) is 0 Å². The average molecular weight is 253 g/mol. The summed E-state index contributed by atoms with van der Waals surface area (Å²) < 4.78 is 5.40. The molecule has 19 heavy (non-hydrogen) atoms. The van der Waals surface area contributed by atoms with Gasteiger partial charge in [-0.25, -0.2) is 4.79 Å². The zero-order valence-corrected chi connectivity index (χ0v) is 10.7. The van der Waals surface area contributed by atoms with Crippen molar-refractivity contribution in [2.24, 2.45) is 0 Å². The lowest BCUT2D eigenvalue weighted by molar-refractivity contribution is 0.132. The fourth-order valence-corrected chi connectivity index (χ4v) is 2.36. The minimum Gasteiger partial charge on any atom is -0.439 e. The predicted octanol–water partition coefficient (Wildman–Crippen LogP) is 3.52. The molecule has 2 aromatic carbocycles. The monoisotopic (exact) mass is 253 g/mol. The maximum absolute atomic E-state index is 11.5. The molecule has 3 nitrogen and oxygen atoms in total. The Balaban J connectivity index is 1.95. The molecule has 2 aromatic rings. The van der Waals surface area contributed by atoms with Gasteiger partial charge in [0, 0.05) is 0 Å². The number of carbonyl (C=O) groups excluding carboxylic acids is 1. The lowest BCUT2D eigenvalue weighted by Gasteiger charge is -2.17. The molecule has 0 unspecified atom stereocenters. The van der Waals surface area contributed by atoms with Crippen LogP contribution in [0.2, 0.25) is 0 Å². The normalized spacial score (nSPS) is 21.8. The van der Waals surface area contributed by atoms with E-state index < -0.39 is 0 Å². The number of rotatable bonds is 2. The van der Waals surface area contributed by atoms with E-state index in [1.807, 2.05) is 61.5 Å². The van der Waals surface area contributed by atoms with Crippen molar-refractivity contribution in [1.29, 1.82) is 0 Å². The third kappa shape index (κ3) is 2.32. The number of cyclic esters (lactones) is 1. The number of aryl methyl sites for hydroxylation is 1. The van der Waals surface area contributed by atoms with E-state index in [0.717, 1.165) is 11.1 Å². The predicted molar refractivity (Wildman–Crippen MR) is 72.7 cm³/mol. The number of carbonyl (C=O) groups is 1. The van der Waals surface area contributed by atoms with Crippen LogP contribution in [-0.4, -0.2) is 6.09 Å². The summed E-state index contributed by atoms with van der Waals surface area (Å²) in [5.74, 6) is 0. The summed E-state index contributed by atoms with van der Waals surface area (Å²) >= 11 is 0. The summed E-state index contributed by atoms with van der Waals surface area (Å²) in [7, 11) is 0. The molecule has 1 fully saturated rings. The van der Waals surface area contributed by atoms with Gasteiger partial charge in [-0.05, 0) is 18.1 Å². The third-order valence-electron chi connectivity index (χ3n) is 3.37. The lowest BCUT2D eigenvalue weighted by atomic mass is 9.96. The van der Waals surface area contributed by atoms with E-state index in [1.165, 1.54) is 5.56 Å². The Morgan fingerprint density at radius 3 is 2.32 bits per heavy atom. The van der Waals surface area contributed by atoms with Crippen molar-refractivity contribution in [2.45, 2.75) is 19.1 Å². The molecule has 3 heteroatoms. The van der Waals surface area contributed by atoms with Crippen molar-refractivity contribution in [1.82, 2.24) is 5.32 Å². The molecular formula is C16H15NO2. The van der Waals surface area contributed by atoms with Gasteiger partial charge in [-0.2, -0.15) is 0 Å². The van der Waals surface area contributed by atoms with Crippen molar-refractivity contribution in [3.8, 4) is 0 Å². The number of amides is 1. The van der Waals surface area contributed by atoms with Crippen LogP contribution in [0.25, 0.3) is 0 Å². The van der Waals surface area contributed by atoms with E-state index in [0.29, 0.717) is 0 Å². The van der Waals surface area contributed by atoms with Crippen LogP contribution in [-0.2, 0) is 4.74 Å². The quantitative estimate of drug-likeness (QED) is 0.889. The second-order valence-corrected chi connectivity index (χ2v) is 4.77. The highest BCUT2D eigenvalue weighted by Gasteiger charge is 2.36. The SMILES string of the molecule is Cc1ccc([C@@H]2OC(=O)N[C@H]2c2ccccc2)cc1. The Labute approximate surface area is 112 Å². The Bertz CT molecular complexity index is 577. The Hall–Kier alpha value is -2.29. The number of benzene rings is 2. The first-order chi connectivity index (χ1) is 9.24. The van der Waals surface area contributed by atoms with Gasteiger partial charge in [-0.1, -0.05) is 60.2 Å². The van der Waals surface area contributed by atoms with E-state index >= 15 is 0 Å². The second kappa shape index (κ2) is 4.76. The van der Waals surface area contributed by atoms with E-state index in [1.54, 1.807) is 0 Å². The number of nitrogens with one attached hydrogen (secondary N) is 1. The summed E-state index contributed by atoms with van der Waals surface area (Å²) in [6.45, 7) is 2.04. The molecular weight excluding hydrogens is 238 g/mol. The van der Waals surface area contributed by atoms with Crippen LogP contribution in [0.5, 0.6) is 0 Å². The lowest BCUT2D eigenvalue weighted by Crippen LogP contribution is -2.19. The van der Waals surface area contributed by atoms with Crippen molar-refractivity contribution >= 4 is 6.09 Å². The summed E-state index contributed by atoms with van der Waals surface area (Å²) in [5.41, 5.74) is 3.26. The van der Waals surface area contributed by atoms with Crippen molar-refractivity contribution in [3.63, 3.8) is 0 Å². The first-order valence-corrected chi connectivity index (χ1v) is 6.33. The van der Waals surface area contributed by atoms with E-state index in [2.05, 4.69) is 5.32 Å². The number of hydrogen-bond acceptors (Lipinski definition) is 2. The van der Waals surface area contributed by atoms with Crippen LogP contribution in [0.15, 0.2) is 54.6 Å². The molecule has 1 N–H and O–H groups in total. The summed E-state index contributed by atoms with van der Waals surface area (Å²) in [5, 5.41) is 2.87. The van der Waals surface area contributed by atoms with Crippen LogP contribution >= 0.6 is 0 Å². The number of hydrogen-bond donors (Lipinski definition) is 1. The largest absolute Gasteiger partial charge is 0.439 e. The highest BCUT2D eigenvalue weighted by atomic mass is 16.6. The molecule has 96 valence electrons. The van der Waals surface area contributed by atoms with Gasteiger partial charge >= 0.3 is 6.09 Å². The maximum Gasteiger partial charge on any atom is 0.408 e. The van der Waals surface area contributed by atoms with Crippen LogP contribution < -0.4 is 5.32 Å². The van der Waals surface area contributed by atoms with Gasteiger partial charge in [-0.3, -0.25) is 0 Å². The maximum atomic E-state index is 11.5. The minimum absolute atomic E-state index is 0.128. The van der Waals surface area contributed by atoms with E-state index in [4.69, 9.17) is 4.74 Å². The molecule has 0 radical (unpaired) electrons. The zero-order chi connectivity index (χ0) is 13.2. The van der Waals surface area contributed by atoms with Gasteiger partial charge in [0.2, 0.25) is 0 Å². The average Bonchev–Trinajstić information content (AvgIpc) is 2.83. The summed E-state index contributed by atoms with van der Waals surface area (Å²) in [4.78, 5) is 11.5. The summed E-state index contributed by atoms with van der Waals surface area (Å²) in [6.07, 6.45) is -0.630. The third-order valence-corrected chi connectivity index (χ3v) is 3.37. The molecule has 2 atom stereocenters. The Morgan fingerprint density at radius 1 is 0.947 bits per heavy atom. The van der Waals surface area contributed by atoms with Crippen molar-refractivity contribution < 1.29 is 9.53 Å². The van der Waals surface area contributed by atoms with Gasteiger partial charge in [0.15, 0.2) is 6.10 Å². The van der Waals surface area contributed by atoms with Crippen molar-refractivity contribution in [3.05, 3.63) is 71.3 Å². The Kier molecular flexibility index (Phi) is 2.95. The number of ether oxygens (including phenoxy) is 1. The zero-order valence-electron chi connectivity index (χ0n) is 10.7. The highest BCUT2D eigenvalue weighted by molar-refractivity contribution is 5.71. The first kappa shape index (κ1) is 11.8. The Morgan fingerprint density at radius 2 is 1.63 bits per heavy atom. The van der Waals surface area contributed by atoms with E-state index in [-0.39, 0.29) is 18.2 Å². The highest BCUT2D eigenvalue weighted by Crippen LogP contribution is 2.36. The molecule has 0 aromatic heterocycles. The van der Waals surface area contributed by atoms with Crippen LogP contribution in [0.4, 0.5) is 4.79 Å². The van der Waals surface area contributed by atoms with Crippen LogP contribution in [0, 0.1) is 6.92 Å². The smallest absolute Gasteiger partial charge is 0.408 e. The van der Waals surface area contributed by atoms with Crippen LogP contribution in [0.1, 0.15) is 28.8 Å². The summed E-state index contributed by atoms with van der Waals surface area (Å²) in [6, 6.07) is 17.8. The molecule has 0 spiro atoms. The molecule has 0 bridgehead atoms. The van der Waals surface area contributed by atoms with Gasteiger partial charge < -0.3 is 10.1 Å².